The lowest BCUT2D eigenvalue weighted by molar-refractivity contribution is -0.385. The number of sulfone groups is 1. The molecule has 1 unspecified atom stereocenters. The minimum absolute atomic E-state index is 0.0662. The van der Waals surface area contributed by atoms with Crippen LogP contribution in [0.5, 0.6) is 5.75 Å². The molecule has 0 amide bonds. The molecule has 8 heteroatoms. The summed E-state index contributed by atoms with van der Waals surface area (Å²) in [4.78, 5) is 10.2. The number of hydrogen-bond acceptors (Lipinski definition) is 6. The van der Waals surface area contributed by atoms with Crippen LogP contribution >= 0.6 is 0 Å². The quantitative estimate of drug-likeness (QED) is 0.661. The molecule has 1 saturated heterocycles. The zero-order valence-corrected chi connectivity index (χ0v) is 11.7. The van der Waals surface area contributed by atoms with Gasteiger partial charge in [0.05, 0.1) is 22.5 Å². The van der Waals surface area contributed by atoms with E-state index in [1.165, 1.54) is 25.1 Å². The van der Waals surface area contributed by atoms with Crippen LogP contribution in [0.4, 0.5) is 5.69 Å². The maximum Gasteiger partial charge on any atom is 0.270 e. The lowest BCUT2D eigenvalue weighted by Gasteiger charge is -2.17. The number of hydrogen-bond donors (Lipinski definition) is 1. The normalized spacial score (nSPS) is 22.4. The summed E-state index contributed by atoms with van der Waals surface area (Å²) in [6.45, 7) is 1.47. The maximum atomic E-state index is 11.4. The molecule has 20 heavy (non-hydrogen) atoms. The Balaban J connectivity index is 2.25. The molecule has 1 aliphatic heterocycles. The molecule has 0 bridgehead atoms. The lowest BCUT2D eigenvalue weighted by atomic mass is 10.1. The first-order chi connectivity index (χ1) is 9.28. The number of non-ortho nitro benzene ring substituents is 1. The highest BCUT2D eigenvalue weighted by atomic mass is 32.2. The summed E-state index contributed by atoms with van der Waals surface area (Å²) in [5.74, 6) is 0.297. The van der Waals surface area contributed by atoms with E-state index in [0.29, 0.717) is 6.42 Å². The average Bonchev–Trinajstić information content (AvgIpc) is 2.68. The molecule has 2 rings (SSSR count). The van der Waals surface area contributed by atoms with E-state index in [4.69, 9.17) is 4.74 Å². The molecule has 0 saturated carbocycles. The lowest BCUT2D eigenvalue weighted by Crippen LogP contribution is -2.18. The van der Waals surface area contributed by atoms with E-state index in [9.17, 15) is 23.6 Å². The van der Waals surface area contributed by atoms with Gasteiger partial charge in [-0.3, -0.25) is 10.1 Å². The largest absolute Gasteiger partial charge is 0.489 e. The second-order valence-corrected chi connectivity index (χ2v) is 7.03. The molecule has 2 atom stereocenters. The number of benzene rings is 1. The van der Waals surface area contributed by atoms with Crippen LogP contribution in [0.15, 0.2) is 18.2 Å². The first-order valence-corrected chi connectivity index (χ1v) is 7.94. The van der Waals surface area contributed by atoms with E-state index in [0.717, 1.165) is 0 Å². The molecule has 0 aromatic heterocycles. The SMILES string of the molecule is C[C@H](O)c1cc([N+](=O)[O-])ccc1OC1CCS(=O)(=O)C1. The first kappa shape index (κ1) is 14.7. The summed E-state index contributed by atoms with van der Waals surface area (Å²) < 4.78 is 28.3. The van der Waals surface area contributed by atoms with Crippen molar-refractivity contribution in [3.05, 3.63) is 33.9 Å². The molecule has 7 nitrogen and oxygen atoms in total. The van der Waals surface area contributed by atoms with Gasteiger partial charge in [-0.1, -0.05) is 0 Å². The predicted octanol–water partition coefficient (Wildman–Crippen LogP) is 1.21. The molecule has 0 radical (unpaired) electrons. The molecular weight excluding hydrogens is 286 g/mol. The molecule has 1 aromatic carbocycles. The Bertz CT molecular complexity index is 625. The van der Waals surface area contributed by atoms with Gasteiger partial charge in [0.15, 0.2) is 9.84 Å². The second kappa shape index (κ2) is 5.37. The fourth-order valence-corrected chi connectivity index (χ4v) is 3.71. The third-order valence-electron chi connectivity index (χ3n) is 3.14. The fraction of sp³-hybridized carbons (Fsp3) is 0.500. The van der Waals surface area contributed by atoms with Crippen LogP contribution in [0, 0.1) is 10.1 Å². The monoisotopic (exact) mass is 301 g/mol. The third-order valence-corrected chi connectivity index (χ3v) is 4.88. The summed E-state index contributed by atoms with van der Waals surface area (Å²) in [5, 5.41) is 20.4. The van der Waals surface area contributed by atoms with E-state index in [1.54, 1.807) is 0 Å². The van der Waals surface area contributed by atoms with Crippen molar-refractivity contribution < 1.29 is 23.2 Å². The van der Waals surface area contributed by atoms with Gasteiger partial charge in [-0.2, -0.15) is 0 Å². The van der Waals surface area contributed by atoms with Gasteiger partial charge in [0.2, 0.25) is 0 Å². The fourth-order valence-electron chi connectivity index (χ4n) is 2.12. The molecule has 1 aliphatic rings. The summed E-state index contributed by atoms with van der Waals surface area (Å²) in [5.41, 5.74) is 0.135. The first-order valence-electron chi connectivity index (χ1n) is 6.12. The molecular formula is C12H15NO6S. The number of nitrogens with zero attached hydrogens (tertiary/aromatic N) is 1. The molecule has 1 N–H and O–H groups in total. The topological polar surface area (TPSA) is 107 Å². The summed E-state index contributed by atoms with van der Waals surface area (Å²) >= 11 is 0. The van der Waals surface area contributed by atoms with E-state index in [2.05, 4.69) is 0 Å². The summed E-state index contributed by atoms with van der Waals surface area (Å²) in [6, 6.07) is 3.90. The highest BCUT2D eigenvalue weighted by molar-refractivity contribution is 7.91. The van der Waals surface area contributed by atoms with E-state index >= 15 is 0 Å². The number of rotatable bonds is 4. The van der Waals surface area contributed by atoms with Crippen LogP contribution in [-0.2, 0) is 9.84 Å². The number of nitro groups is 1. The van der Waals surface area contributed by atoms with Crippen LogP contribution in [0.25, 0.3) is 0 Å². The van der Waals surface area contributed by atoms with Crippen LogP contribution in [0.3, 0.4) is 0 Å². The van der Waals surface area contributed by atoms with Crippen molar-refractivity contribution in [1.82, 2.24) is 0 Å². The van der Waals surface area contributed by atoms with Crippen molar-refractivity contribution in [3.8, 4) is 5.75 Å². The molecule has 1 heterocycles. The van der Waals surface area contributed by atoms with Crippen LogP contribution < -0.4 is 4.74 Å². The van der Waals surface area contributed by atoms with Gasteiger partial charge < -0.3 is 9.84 Å². The smallest absolute Gasteiger partial charge is 0.270 e. The van der Waals surface area contributed by atoms with Gasteiger partial charge in [0.1, 0.15) is 11.9 Å². The predicted molar refractivity (Wildman–Crippen MR) is 71.4 cm³/mol. The van der Waals surface area contributed by atoms with Crippen molar-refractivity contribution >= 4 is 15.5 Å². The zero-order chi connectivity index (χ0) is 14.9. The van der Waals surface area contributed by atoms with Gasteiger partial charge in [-0.05, 0) is 19.4 Å². The van der Waals surface area contributed by atoms with Crippen LogP contribution in [0.1, 0.15) is 25.0 Å². The highest BCUT2D eigenvalue weighted by Crippen LogP contribution is 2.31. The average molecular weight is 301 g/mol. The van der Waals surface area contributed by atoms with Crippen LogP contribution in [-0.4, -0.2) is 36.1 Å². The Morgan fingerprint density at radius 2 is 2.20 bits per heavy atom. The Labute approximate surface area is 116 Å². The van der Waals surface area contributed by atoms with Crippen molar-refractivity contribution in [1.29, 1.82) is 0 Å². The van der Waals surface area contributed by atoms with E-state index in [-0.39, 0.29) is 28.5 Å². The summed E-state index contributed by atoms with van der Waals surface area (Å²) in [6.07, 6.45) is -1.03. The van der Waals surface area contributed by atoms with Gasteiger partial charge in [0, 0.05) is 17.7 Å². The molecule has 1 aromatic rings. The number of aliphatic hydroxyl groups is 1. The van der Waals surface area contributed by atoms with Gasteiger partial charge in [0.25, 0.3) is 5.69 Å². The highest BCUT2D eigenvalue weighted by Gasteiger charge is 2.30. The minimum Gasteiger partial charge on any atom is -0.489 e. The summed E-state index contributed by atoms with van der Waals surface area (Å²) in [7, 11) is -3.07. The number of ether oxygens (including phenoxy) is 1. The molecule has 0 aliphatic carbocycles. The Kier molecular flexibility index (Phi) is 3.96. The zero-order valence-electron chi connectivity index (χ0n) is 10.9. The second-order valence-electron chi connectivity index (χ2n) is 4.80. The minimum atomic E-state index is -3.07. The third kappa shape index (κ3) is 3.26. The number of aliphatic hydroxyl groups excluding tert-OH is 1. The molecule has 0 spiro atoms. The van der Waals surface area contributed by atoms with Gasteiger partial charge >= 0.3 is 0 Å². The Hall–Kier alpha value is -1.67. The Morgan fingerprint density at radius 1 is 1.50 bits per heavy atom. The van der Waals surface area contributed by atoms with E-state index in [1.807, 2.05) is 0 Å². The molecule has 110 valence electrons. The van der Waals surface area contributed by atoms with Gasteiger partial charge in [-0.15, -0.1) is 0 Å². The van der Waals surface area contributed by atoms with Gasteiger partial charge in [-0.25, -0.2) is 8.42 Å². The maximum absolute atomic E-state index is 11.4. The number of nitro benzene ring substituents is 1. The Morgan fingerprint density at radius 3 is 2.70 bits per heavy atom. The van der Waals surface area contributed by atoms with Crippen molar-refractivity contribution in [2.45, 2.75) is 25.6 Å². The van der Waals surface area contributed by atoms with Crippen LogP contribution in [0.2, 0.25) is 0 Å². The standard InChI is InChI=1S/C12H15NO6S/c1-8(14)11-6-9(13(15)16)2-3-12(11)19-10-4-5-20(17,18)7-10/h2-3,6,8,10,14H,4-5,7H2,1H3/t8-,10?/m0/s1. The van der Waals surface area contributed by atoms with Crippen molar-refractivity contribution in [3.63, 3.8) is 0 Å². The molecule has 1 fully saturated rings. The van der Waals surface area contributed by atoms with Crippen molar-refractivity contribution in [2.24, 2.45) is 0 Å². The van der Waals surface area contributed by atoms with Crippen molar-refractivity contribution in [2.75, 3.05) is 11.5 Å². The van der Waals surface area contributed by atoms with E-state index < -0.39 is 27.0 Å².